The van der Waals surface area contributed by atoms with Crippen LogP contribution in [-0.4, -0.2) is 15.9 Å². The van der Waals surface area contributed by atoms with E-state index in [4.69, 9.17) is 10.2 Å². The van der Waals surface area contributed by atoms with Crippen molar-refractivity contribution in [1.82, 2.24) is 15.3 Å². The topological polar surface area (TPSA) is 81.6 Å². The van der Waals surface area contributed by atoms with Crippen molar-refractivity contribution >= 4 is 27.7 Å². The van der Waals surface area contributed by atoms with Gasteiger partial charge in [0, 0.05) is 10.9 Å². The molecular weight excluding hydrogens is 384 g/mol. The number of carbonyl (C=O) groups is 1. The van der Waals surface area contributed by atoms with Crippen molar-refractivity contribution < 1.29 is 4.79 Å². The molecule has 1 amide bonds. The van der Waals surface area contributed by atoms with E-state index < -0.39 is 0 Å². The molecule has 1 aromatic heterocycles. The Morgan fingerprint density at radius 2 is 1.87 bits per heavy atom. The third kappa shape index (κ3) is 4.59. The van der Waals surface area contributed by atoms with Gasteiger partial charge in [0.25, 0.3) is 5.91 Å². The molecule has 0 spiro atoms. The van der Waals surface area contributed by atoms with Crippen molar-refractivity contribution in [2.24, 2.45) is 0 Å². The molecule has 0 saturated heterocycles. The maximum absolute atomic E-state index is 12.9. The third-order valence-corrected chi connectivity index (χ3v) is 5.65. The number of imidazole rings is 1. The van der Waals surface area contributed by atoms with Crippen molar-refractivity contribution in [1.29, 1.82) is 5.26 Å². The first-order valence-electron chi connectivity index (χ1n) is 10.9. The molecule has 0 aliphatic heterocycles. The Kier molecular flexibility index (Phi) is 6.28. The van der Waals surface area contributed by atoms with E-state index in [-0.39, 0.29) is 11.9 Å². The van der Waals surface area contributed by atoms with Gasteiger partial charge >= 0.3 is 0 Å². The highest BCUT2D eigenvalue weighted by molar-refractivity contribution is 6.04. The summed E-state index contributed by atoms with van der Waals surface area (Å²) in [7, 11) is 0. The van der Waals surface area contributed by atoms with Gasteiger partial charge in [-0.3, -0.25) is 4.79 Å². The molecule has 0 fully saturated rings. The predicted molar refractivity (Wildman–Crippen MR) is 124 cm³/mol. The summed E-state index contributed by atoms with van der Waals surface area (Å²) < 4.78 is 0. The second-order valence-electron chi connectivity index (χ2n) is 7.87. The van der Waals surface area contributed by atoms with Crippen LogP contribution in [-0.2, 0) is 0 Å². The number of nitriles is 1. The number of fused-ring (bicyclic) bond motifs is 3. The number of nitrogens with zero attached hydrogens (tertiary/aromatic N) is 2. The molecule has 1 heterocycles. The van der Waals surface area contributed by atoms with Gasteiger partial charge < -0.3 is 10.3 Å². The normalized spacial score (nSPS) is 12.0. The minimum Gasteiger partial charge on any atom is -0.342 e. The Bertz CT molecular complexity index is 1230. The molecule has 156 valence electrons. The summed E-state index contributed by atoms with van der Waals surface area (Å²) in [5.41, 5.74) is 2.98. The lowest BCUT2D eigenvalue weighted by atomic mass is 10.1. The third-order valence-electron chi connectivity index (χ3n) is 5.65. The van der Waals surface area contributed by atoms with Crippen LogP contribution in [0, 0.1) is 11.3 Å². The summed E-state index contributed by atoms with van der Waals surface area (Å²) in [5.74, 6) is 0.625. The zero-order valence-electron chi connectivity index (χ0n) is 17.7. The number of benzene rings is 3. The van der Waals surface area contributed by atoms with Gasteiger partial charge in [-0.25, -0.2) is 4.98 Å². The molecule has 0 bridgehead atoms. The van der Waals surface area contributed by atoms with Crippen LogP contribution in [0.25, 0.3) is 21.8 Å². The molecule has 0 saturated carbocycles. The average Bonchev–Trinajstić information content (AvgIpc) is 3.26. The SMILES string of the molecule is CCCCCCC(NC(=O)c1ccc(C#N)cc1)c1nc2c(ccc3ccccc32)[nH]1. The lowest BCUT2D eigenvalue weighted by molar-refractivity contribution is 0.0932. The molecule has 0 radical (unpaired) electrons. The summed E-state index contributed by atoms with van der Waals surface area (Å²) in [4.78, 5) is 21.2. The van der Waals surface area contributed by atoms with Crippen LogP contribution < -0.4 is 5.32 Å². The number of rotatable bonds is 8. The molecule has 5 heteroatoms. The molecule has 0 aliphatic rings. The number of amides is 1. The highest BCUT2D eigenvalue weighted by Crippen LogP contribution is 2.27. The van der Waals surface area contributed by atoms with E-state index in [9.17, 15) is 4.79 Å². The number of nitrogens with one attached hydrogen (secondary N) is 2. The number of hydrogen-bond donors (Lipinski definition) is 2. The number of aromatic amines is 1. The fraction of sp³-hybridized carbons (Fsp3) is 0.269. The Morgan fingerprint density at radius 3 is 2.65 bits per heavy atom. The van der Waals surface area contributed by atoms with Gasteiger partial charge in [-0.2, -0.15) is 5.26 Å². The predicted octanol–water partition coefficient (Wildman–Crippen LogP) is 6.03. The maximum Gasteiger partial charge on any atom is 0.251 e. The fourth-order valence-corrected chi connectivity index (χ4v) is 3.92. The van der Waals surface area contributed by atoms with E-state index in [2.05, 4.69) is 41.5 Å². The average molecular weight is 411 g/mol. The first kappa shape index (κ1) is 20.6. The van der Waals surface area contributed by atoms with Gasteiger partial charge in [-0.15, -0.1) is 0 Å². The van der Waals surface area contributed by atoms with Gasteiger partial charge in [0.05, 0.1) is 28.7 Å². The number of hydrogen-bond acceptors (Lipinski definition) is 3. The van der Waals surface area contributed by atoms with Crippen LogP contribution in [0.15, 0.2) is 60.7 Å². The van der Waals surface area contributed by atoms with E-state index >= 15 is 0 Å². The first-order chi connectivity index (χ1) is 15.2. The number of H-pyrrole nitrogens is 1. The standard InChI is InChI=1S/C26H26N4O/c1-2-3-4-5-10-23(29-26(31)20-13-11-18(17-27)12-14-20)25-28-22-16-15-19-8-6-7-9-21(19)24(22)30-25/h6-9,11-16,23H,2-5,10H2,1H3,(H,28,30)(H,29,31). The van der Waals surface area contributed by atoms with Crippen molar-refractivity contribution in [2.75, 3.05) is 0 Å². The Hall–Kier alpha value is -3.65. The Labute approximate surface area is 182 Å². The summed E-state index contributed by atoms with van der Waals surface area (Å²) in [5, 5.41) is 14.4. The van der Waals surface area contributed by atoms with E-state index in [0.29, 0.717) is 11.1 Å². The van der Waals surface area contributed by atoms with Crippen LogP contribution in [0.4, 0.5) is 0 Å². The van der Waals surface area contributed by atoms with Crippen molar-refractivity contribution in [2.45, 2.75) is 45.1 Å². The van der Waals surface area contributed by atoms with Gasteiger partial charge in [0.2, 0.25) is 0 Å². The zero-order valence-corrected chi connectivity index (χ0v) is 17.7. The Morgan fingerprint density at radius 1 is 1.06 bits per heavy atom. The lowest BCUT2D eigenvalue weighted by Gasteiger charge is -2.17. The largest absolute Gasteiger partial charge is 0.342 e. The first-order valence-corrected chi connectivity index (χ1v) is 10.9. The molecule has 0 aliphatic carbocycles. The molecule has 2 N–H and O–H groups in total. The van der Waals surface area contributed by atoms with Gasteiger partial charge in [0.15, 0.2) is 0 Å². The van der Waals surface area contributed by atoms with Gasteiger partial charge in [-0.05, 0) is 42.1 Å². The summed E-state index contributed by atoms with van der Waals surface area (Å²) in [6.07, 6.45) is 5.31. The monoisotopic (exact) mass is 410 g/mol. The number of carbonyl (C=O) groups excluding carboxylic acids is 1. The Balaban J connectivity index is 1.63. The van der Waals surface area contributed by atoms with Gasteiger partial charge in [0.1, 0.15) is 5.82 Å². The highest BCUT2D eigenvalue weighted by atomic mass is 16.1. The molecule has 31 heavy (non-hydrogen) atoms. The molecule has 4 rings (SSSR count). The highest BCUT2D eigenvalue weighted by Gasteiger charge is 2.20. The van der Waals surface area contributed by atoms with Crippen LogP contribution in [0.5, 0.6) is 0 Å². The van der Waals surface area contributed by atoms with E-state index in [1.165, 1.54) is 12.8 Å². The number of unbranched alkanes of at least 4 members (excludes halogenated alkanes) is 3. The lowest BCUT2D eigenvalue weighted by Crippen LogP contribution is -2.29. The van der Waals surface area contributed by atoms with Gasteiger partial charge in [-0.1, -0.05) is 62.9 Å². The van der Waals surface area contributed by atoms with Crippen LogP contribution in [0.2, 0.25) is 0 Å². The van der Waals surface area contributed by atoms with Crippen LogP contribution in [0.3, 0.4) is 0 Å². The maximum atomic E-state index is 12.9. The second kappa shape index (κ2) is 9.44. The second-order valence-corrected chi connectivity index (χ2v) is 7.87. The number of aromatic nitrogens is 2. The molecule has 4 aromatic rings. The summed E-state index contributed by atoms with van der Waals surface area (Å²) in [6.45, 7) is 2.19. The minimum atomic E-state index is -0.203. The van der Waals surface area contributed by atoms with Crippen LogP contribution >= 0.6 is 0 Å². The summed E-state index contributed by atoms with van der Waals surface area (Å²) >= 11 is 0. The molecular formula is C26H26N4O. The summed E-state index contributed by atoms with van der Waals surface area (Å²) in [6, 6.07) is 20.9. The van der Waals surface area contributed by atoms with E-state index in [1.807, 2.05) is 18.2 Å². The van der Waals surface area contributed by atoms with Crippen molar-refractivity contribution in [3.63, 3.8) is 0 Å². The smallest absolute Gasteiger partial charge is 0.251 e. The molecule has 1 unspecified atom stereocenters. The zero-order chi connectivity index (χ0) is 21.6. The molecule has 1 atom stereocenters. The van der Waals surface area contributed by atoms with Crippen molar-refractivity contribution in [3.05, 3.63) is 77.6 Å². The van der Waals surface area contributed by atoms with E-state index in [0.717, 1.165) is 46.9 Å². The molecule has 5 nitrogen and oxygen atoms in total. The van der Waals surface area contributed by atoms with E-state index in [1.54, 1.807) is 24.3 Å². The quantitative estimate of drug-likeness (QED) is 0.348. The molecule has 3 aromatic carbocycles. The van der Waals surface area contributed by atoms with Crippen LogP contribution in [0.1, 0.15) is 66.8 Å². The fourth-order valence-electron chi connectivity index (χ4n) is 3.92. The minimum absolute atomic E-state index is 0.157. The van der Waals surface area contributed by atoms with Crippen molar-refractivity contribution in [3.8, 4) is 6.07 Å².